The van der Waals surface area contributed by atoms with Gasteiger partial charge in [-0.05, 0) is 29.3 Å². The maximum atomic E-state index is 12.4. The molecule has 7 nitrogen and oxygen atoms in total. The molecule has 4 unspecified atom stereocenters. The monoisotopic (exact) mass is 374 g/mol. The summed E-state index contributed by atoms with van der Waals surface area (Å²) in [4.78, 5) is 17.0. The molecule has 28 heavy (non-hydrogen) atoms. The maximum Gasteiger partial charge on any atom is 0.221 e. The first-order valence-corrected chi connectivity index (χ1v) is 9.56. The number of carbonyl (C=O) groups is 1. The molecule has 5 rings (SSSR count). The molecular weight excluding hydrogens is 352 g/mol. The number of pyridine rings is 1. The third-order valence-corrected chi connectivity index (χ3v) is 5.70. The van der Waals surface area contributed by atoms with Gasteiger partial charge in [0.15, 0.2) is 0 Å². The van der Waals surface area contributed by atoms with E-state index in [-0.39, 0.29) is 30.0 Å². The zero-order valence-electron chi connectivity index (χ0n) is 15.3. The Morgan fingerprint density at radius 1 is 1.04 bits per heavy atom. The summed E-state index contributed by atoms with van der Waals surface area (Å²) in [6, 6.07) is 16.3. The maximum absolute atomic E-state index is 12.4. The van der Waals surface area contributed by atoms with Gasteiger partial charge in [-0.25, -0.2) is 10.9 Å². The summed E-state index contributed by atoms with van der Waals surface area (Å²) in [5.41, 5.74) is 9.99. The van der Waals surface area contributed by atoms with Gasteiger partial charge in [0.1, 0.15) is 0 Å². The highest BCUT2D eigenvalue weighted by atomic mass is 16.2. The van der Waals surface area contributed by atoms with Gasteiger partial charge < -0.3 is 5.32 Å². The van der Waals surface area contributed by atoms with Crippen molar-refractivity contribution in [1.29, 1.82) is 0 Å². The molecule has 142 valence electrons. The molecule has 2 aromatic heterocycles. The lowest BCUT2D eigenvalue weighted by Crippen LogP contribution is -2.52. The van der Waals surface area contributed by atoms with E-state index in [9.17, 15) is 4.79 Å². The van der Waals surface area contributed by atoms with Gasteiger partial charge in [0.05, 0.1) is 24.4 Å². The Morgan fingerprint density at radius 2 is 1.93 bits per heavy atom. The van der Waals surface area contributed by atoms with Gasteiger partial charge in [0, 0.05) is 36.8 Å². The zero-order valence-corrected chi connectivity index (χ0v) is 15.3. The second-order valence-electron chi connectivity index (χ2n) is 7.36. The number of piperidine rings is 1. The van der Waals surface area contributed by atoms with Crippen LogP contribution in [-0.2, 0) is 11.3 Å². The van der Waals surface area contributed by atoms with Gasteiger partial charge >= 0.3 is 0 Å². The fraction of sp³-hybridized carbons (Fsp3) is 0.286. The third-order valence-electron chi connectivity index (χ3n) is 5.70. The molecule has 4 heterocycles. The highest BCUT2D eigenvalue weighted by Crippen LogP contribution is 2.43. The van der Waals surface area contributed by atoms with E-state index in [1.54, 1.807) is 6.20 Å². The van der Waals surface area contributed by atoms with E-state index in [1.807, 2.05) is 47.4 Å². The van der Waals surface area contributed by atoms with E-state index in [0.717, 1.165) is 5.69 Å². The molecule has 0 saturated carbocycles. The van der Waals surface area contributed by atoms with Crippen LogP contribution in [0.4, 0.5) is 0 Å². The molecule has 3 aromatic rings. The van der Waals surface area contributed by atoms with Crippen LogP contribution >= 0.6 is 0 Å². The van der Waals surface area contributed by atoms with Crippen LogP contribution in [0.25, 0.3) is 0 Å². The number of nitrogens with one attached hydrogen (secondary N) is 3. The minimum atomic E-state index is -0.129. The van der Waals surface area contributed by atoms with Gasteiger partial charge in [-0.2, -0.15) is 5.10 Å². The van der Waals surface area contributed by atoms with Gasteiger partial charge in [0.25, 0.3) is 0 Å². The SMILES string of the molecule is O=C1CC(c2ccccc2Cn2cccn2)C2C(NNC2c2ccccn2)N1. The van der Waals surface area contributed by atoms with Gasteiger partial charge in [0.2, 0.25) is 5.91 Å². The second-order valence-corrected chi connectivity index (χ2v) is 7.36. The molecule has 1 aromatic carbocycles. The van der Waals surface area contributed by atoms with E-state index in [0.29, 0.717) is 13.0 Å². The van der Waals surface area contributed by atoms with Crippen LogP contribution in [0.15, 0.2) is 67.1 Å². The summed E-state index contributed by atoms with van der Waals surface area (Å²) in [6.07, 6.45) is 5.89. The minimum Gasteiger partial charge on any atom is -0.339 e. The lowest BCUT2D eigenvalue weighted by atomic mass is 9.74. The third kappa shape index (κ3) is 3.08. The van der Waals surface area contributed by atoms with Crippen molar-refractivity contribution < 1.29 is 4.79 Å². The first-order chi connectivity index (χ1) is 13.8. The van der Waals surface area contributed by atoms with Crippen LogP contribution in [0.2, 0.25) is 0 Å². The predicted molar refractivity (Wildman–Crippen MR) is 104 cm³/mol. The van der Waals surface area contributed by atoms with E-state index in [4.69, 9.17) is 0 Å². The van der Waals surface area contributed by atoms with Crippen molar-refractivity contribution >= 4 is 5.91 Å². The van der Waals surface area contributed by atoms with Crippen LogP contribution in [-0.4, -0.2) is 26.8 Å². The number of rotatable bonds is 4. The highest BCUT2D eigenvalue weighted by Gasteiger charge is 2.47. The number of amides is 1. The molecule has 0 spiro atoms. The Bertz CT molecular complexity index is 958. The molecule has 7 heteroatoms. The summed E-state index contributed by atoms with van der Waals surface area (Å²) in [5.74, 6) is 0.308. The Morgan fingerprint density at radius 3 is 2.75 bits per heavy atom. The normalized spacial score (nSPS) is 26.6. The van der Waals surface area contributed by atoms with Crippen molar-refractivity contribution in [3.05, 3.63) is 83.9 Å². The van der Waals surface area contributed by atoms with Crippen molar-refractivity contribution in [2.24, 2.45) is 5.92 Å². The number of aromatic nitrogens is 3. The molecule has 4 atom stereocenters. The zero-order chi connectivity index (χ0) is 18.9. The average Bonchev–Trinajstić information content (AvgIpc) is 3.38. The molecule has 0 bridgehead atoms. The fourth-order valence-electron chi connectivity index (χ4n) is 4.49. The summed E-state index contributed by atoms with van der Waals surface area (Å²) in [5, 5.41) is 7.43. The topological polar surface area (TPSA) is 83.9 Å². The first kappa shape index (κ1) is 17.1. The smallest absolute Gasteiger partial charge is 0.221 e. The van der Waals surface area contributed by atoms with Crippen LogP contribution < -0.4 is 16.2 Å². The van der Waals surface area contributed by atoms with E-state index in [1.165, 1.54) is 11.1 Å². The molecule has 2 fully saturated rings. The van der Waals surface area contributed by atoms with E-state index in [2.05, 4.69) is 44.5 Å². The quantitative estimate of drug-likeness (QED) is 0.648. The molecular formula is C21H22N6O. The van der Waals surface area contributed by atoms with Crippen LogP contribution in [0.1, 0.15) is 35.2 Å². The summed E-state index contributed by atoms with van der Waals surface area (Å²) in [7, 11) is 0. The molecule has 0 radical (unpaired) electrons. The number of hydrazine groups is 1. The summed E-state index contributed by atoms with van der Waals surface area (Å²) >= 11 is 0. The van der Waals surface area contributed by atoms with Crippen LogP contribution in [0, 0.1) is 5.92 Å². The second kappa shape index (κ2) is 7.18. The molecule has 3 N–H and O–H groups in total. The lowest BCUT2D eigenvalue weighted by Gasteiger charge is -2.36. The molecule has 2 saturated heterocycles. The van der Waals surface area contributed by atoms with Gasteiger partial charge in [-0.15, -0.1) is 0 Å². The Labute approximate surface area is 163 Å². The number of hydrogen-bond acceptors (Lipinski definition) is 5. The highest BCUT2D eigenvalue weighted by molar-refractivity contribution is 5.78. The van der Waals surface area contributed by atoms with E-state index >= 15 is 0 Å². The van der Waals surface area contributed by atoms with Crippen molar-refractivity contribution in [3.63, 3.8) is 0 Å². The van der Waals surface area contributed by atoms with Gasteiger partial charge in [-0.1, -0.05) is 30.3 Å². The number of hydrogen-bond donors (Lipinski definition) is 3. The van der Waals surface area contributed by atoms with Crippen LogP contribution in [0.5, 0.6) is 0 Å². The summed E-state index contributed by atoms with van der Waals surface area (Å²) < 4.78 is 1.92. The average molecular weight is 374 g/mol. The minimum absolute atomic E-state index is 0.0227. The Balaban J connectivity index is 1.53. The van der Waals surface area contributed by atoms with Crippen molar-refractivity contribution in [2.45, 2.75) is 31.1 Å². The number of nitrogens with zero attached hydrogens (tertiary/aromatic N) is 3. The number of carbonyl (C=O) groups excluding carboxylic acids is 1. The standard InChI is InChI=1S/C21H22N6O/c28-18-12-16(15-7-2-1-6-14(15)13-27-11-5-10-23-27)19-20(25-26-21(19)24-18)17-8-3-4-9-22-17/h1-11,16,19-21,25-26H,12-13H2,(H,24,28). The van der Waals surface area contributed by atoms with Gasteiger partial charge in [-0.3, -0.25) is 14.5 Å². The molecule has 0 aliphatic carbocycles. The van der Waals surface area contributed by atoms with E-state index < -0.39 is 0 Å². The molecule has 2 aliphatic heterocycles. The largest absolute Gasteiger partial charge is 0.339 e. The van der Waals surface area contributed by atoms with Crippen LogP contribution in [0.3, 0.4) is 0 Å². The molecule has 2 aliphatic rings. The number of benzene rings is 1. The predicted octanol–water partition coefficient (Wildman–Crippen LogP) is 1.72. The Hall–Kier alpha value is -3.03. The number of fused-ring (bicyclic) bond motifs is 1. The Kier molecular flexibility index (Phi) is 4.38. The first-order valence-electron chi connectivity index (χ1n) is 9.56. The lowest BCUT2D eigenvalue weighted by molar-refractivity contribution is -0.125. The molecule has 1 amide bonds. The van der Waals surface area contributed by atoms with Crippen molar-refractivity contribution in [3.8, 4) is 0 Å². The fourth-order valence-corrected chi connectivity index (χ4v) is 4.49. The summed E-state index contributed by atoms with van der Waals surface area (Å²) in [6.45, 7) is 0.688. The van der Waals surface area contributed by atoms with Crippen molar-refractivity contribution in [2.75, 3.05) is 0 Å². The van der Waals surface area contributed by atoms with Crippen molar-refractivity contribution in [1.82, 2.24) is 30.9 Å².